The van der Waals surface area contributed by atoms with Crippen LogP contribution in [0.4, 0.5) is 11.4 Å². The lowest BCUT2D eigenvalue weighted by molar-refractivity contribution is -0.384. The van der Waals surface area contributed by atoms with Crippen LogP contribution in [0.25, 0.3) is 0 Å². The molecule has 0 saturated carbocycles. The second-order valence-electron chi connectivity index (χ2n) is 5.54. The molecule has 0 aliphatic rings. The average molecular weight is 456 g/mol. The van der Waals surface area contributed by atoms with Gasteiger partial charge in [0.05, 0.1) is 21.7 Å². The van der Waals surface area contributed by atoms with Crippen LogP contribution < -0.4 is 4.74 Å². The highest BCUT2D eigenvalue weighted by molar-refractivity contribution is 9.11. The Morgan fingerprint density at radius 3 is 2.50 bits per heavy atom. The van der Waals surface area contributed by atoms with Crippen LogP contribution in [0.5, 0.6) is 5.75 Å². The van der Waals surface area contributed by atoms with Crippen LogP contribution in [0.3, 0.4) is 0 Å². The smallest absolute Gasteiger partial charge is 0.269 e. The number of nitrogens with zero attached hydrogens (tertiary/aromatic N) is 2. The van der Waals surface area contributed by atoms with Crippen LogP contribution in [0.1, 0.15) is 19.4 Å². The highest BCUT2D eigenvalue weighted by Crippen LogP contribution is 2.33. The summed E-state index contributed by atoms with van der Waals surface area (Å²) < 4.78 is 7.61. The maximum Gasteiger partial charge on any atom is 0.269 e. The van der Waals surface area contributed by atoms with Gasteiger partial charge in [-0.15, -0.1) is 0 Å². The van der Waals surface area contributed by atoms with Gasteiger partial charge in [0.15, 0.2) is 0 Å². The van der Waals surface area contributed by atoms with Crippen molar-refractivity contribution in [1.29, 1.82) is 0 Å². The molecule has 0 spiro atoms. The van der Waals surface area contributed by atoms with Gasteiger partial charge in [0.2, 0.25) is 0 Å². The second kappa shape index (κ2) is 8.39. The summed E-state index contributed by atoms with van der Waals surface area (Å²) in [5.41, 5.74) is 1.49. The van der Waals surface area contributed by atoms with Gasteiger partial charge in [-0.3, -0.25) is 15.1 Å². The van der Waals surface area contributed by atoms with E-state index >= 15 is 0 Å². The number of aliphatic imine (C=N–C) groups is 1. The van der Waals surface area contributed by atoms with Gasteiger partial charge in [-0.25, -0.2) is 0 Å². The molecular weight excluding hydrogens is 440 g/mol. The topological polar surface area (TPSA) is 64.7 Å². The zero-order valence-electron chi connectivity index (χ0n) is 13.2. The van der Waals surface area contributed by atoms with E-state index in [0.29, 0.717) is 18.2 Å². The van der Waals surface area contributed by atoms with Gasteiger partial charge >= 0.3 is 0 Å². The van der Waals surface area contributed by atoms with E-state index in [9.17, 15) is 10.1 Å². The standard InChI is InChI=1S/C17H16Br2N2O3/c1-11(2)10-24-17-12(7-13(18)8-16(17)19)9-20-14-3-5-15(6-4-14)21(22)23/h3-9,11H,10H2,1-2H3. The van der Waals surface area contributed by atoms with Gasteiger partial charge in [-0.2, -0.15) is 0 Å². The lowest BCUT2D eigenvalue weighted by Crippen LogP contribution is -2.06. The first-order chi connectivity index (χ1) is 11.4. The van der Waals surface area contributed by atoms with Gasteiger partial charge in [-0.1, -0.05) is 29.8 Å². The van der Waals surface area contributed by atoms with Crippen LogP contribution >= 0.6 is 31.9 Å². The van der Waals surface area contributed by atoms with Crippen molar-refractivity contribution in [2.45, 2.75) is 13.8 Å². The summed E-state index contributed by atoms with van der Waals surface area (Å²) >= 11 is 6.96. The Bertz CT molecular complexity index is 759. The van der Waals surface area contributed by atoms with Crippen molar-refractivity contribution in [2.24, 2.45) is 10.9 Å². The van der Waals surface area contributed by atoms with E-state index in [0.717, 1.165) is 20.3 Å². The fourth-order valence-corrected chi connectivity index (χ4v) is 3.26. The number of hydrogen-bond donors (Lipinski definition) is 0. The van der Waals surface area contributed by atoms with Crippen molar-refractivity contribution < 1.29 is 9.66 Å². The molecule has 0 unspecified atom stereocenters. The van der Waals surface area contributed by atoms with Crippen molar-refractivity contribution in [3.63, 3.8) is 0 Å². The third kappa shape index (κ3) is 5.14. The monoisotopic (exact) mass is 454 g/mol. The number of benzene rings is 2. The largest absolute Gasteiger partial charge is 0.491 e. The van der Waals surface area contributed by atoms with Crippen LogP contribution in [-0.4, -0.2) is 17.7 Å². The van der Waals surface area contributed by atoms with Crippen LogP contribution in [0, 0.1) is 16.0 Å². The SMILES string of the molecule is CC(C)COc1c(Br)cc(Br)cc1C=Nc1ccc([N+](=O)[O-])cc1. The van der Waals surface area contributed by atoms with Gasteiger partial charge in [0.1, 0.15) is 5.75 Å². The Hall–Kier alpha value is -1.73. The lowest BCUT2D eigenvalue weighted by Gasteiger charge is -2.13. The fraction of sp³-hybridized carbons (Fsp3) is 0.235. The zero-order valence-corrected chi connectivity index (χ0v) is 16.4. The number of nitro benzene ring substituents is 1. The fourth-order valence-electron chi connectivity index (χ4n) is 1.88. The number of halogens is 2. The van der Waals surface area contributed by atoms with Gasteiger partial charge in [-0.05, 0) is 46.1 Å². The molecule has 0 radical (unpaired) electrons. The molecule has 2 rings (SSSR count). The summed E-state index contributed by atoms with van der Waals surface area (Å²) in [6.07, 6.45) is 1.69. The molecule has 0 atom stereocenters. The molecule has 0 heterocycles. The van der Waals surface area contributed by atoms with E-state index in [1.54, 1.807) is 18.3 Å². The molecule has 0 aliphatic heterocycles. The second-order valence-corrected chi connectivity index (χ2v) is 7.31. The Balaban J connectivity index is 2.28. The molecule has 2 aromatic rings. The van der Waals surface area contributed by atoms with Crippen molar-refractivity contribution >= 4 is 49.4 Å². The maximum absolute atomic E-state index is 10.7. The van der Waals surface area contributed by atoms with E-state index in [4.69, 9.17) is 4.74 Å². The predicted molar refractivity (Wildman–Crippen MR) is 103 cm³/mol. The Labute approximate surface area is 157 Å². The highest BCUT2D eigenvalue weighted by atomic mass is 79.9. The third-order valence-corrected chi connectivity index (χ3v) is 4.06. The van der Waals surface area contributed by atoms with E-state index in [1.807, 2.05) is 12.1 Å². The number of nitro groups is 1. The van der Waals surface area contributed by atoms with Crippen LogP contribution in [-0.2, 0) is 0 Å². The molecular formula is C17H16Br2N2O3. The van der Waals surface area contributed by atoms with Gasteiger partial charge in [0, 0.05) is 28.4 Å². The van der Waals surface area contributed by atoms with Crippen LogP contribution in [0.15, 0.2) is 50.3 Å². The first-order valence-electron chi connectivity index (χ1n) is 7.27. The van der Waals surface area contributed by atoms with Crippen LogP contribution in [0.2, 0.25) is 0 Å². The summed E-state index contributed by atoms with van der Waals surface area (Å²) in [7, 11) is 0. The highest BCUT2D eigenvalue weighted by Gasteiger charge is 2.10. The molecule has 0 bridgehead atoms. The molecule has 0 N–H and O–H groups in total. The predicted octanol–water partition coefficient (Wildman–Crippen LogP) is 5.91. The normalized spacial score (nSPS) is 11.2. The third-order valence-electron chi connectivity index (χ3n) is 3.01. The average Bonchev–Trinajstić information content (AvgIpc) is 2.51. The molecule has 0 saturated heterocycles. The Morgan fingerprint density at radius 2 is 1.92 bits per heavy atom. The number of hydrogen-bond acceptors (Lipinski definition) is 4. The van der Waals surface area contributed by atoms with E-state index in [2.05, 4.69) is 50.7 Å². The molecule has 24 heavy (non-hydrogen) atoms. The molecule has 0 fully saturated rings. The molecule has 0 amide bonds. The van der Waals surface area contributed by atoms with Crippen molar-refractivity contribution in [3.05, 3.63) is 61.0 Å². The molecule has 0 aromatic heterocycles. The summed E-state index contributed by atoms with van der Waals surface area (Å²) in [5.74, 6) is 1.12. The van der Waals surface area contributed by atoms with Crippen molar-refractivity contribution in [2.75, 3.05) is 6.61 Å². The number of rotatable bonds is 6. The minimum atomic E-state index is -0.434. The summed E-state index contributed by atoms with van der Waals surface area (Å²) in [6.45, 7) is 4.76. The molecule has 7 heteroatoms. The van der Waals surface area contributed by atoms with Gasteiger partial charge < -0.3 is 4.74 Å². The van der Waals surface area contributed by atoms with E-state index in [1.165, 1.54) is 12.1 Å². The number of non-ortho nitro benzene ring substituents is 1. The lowest BCUT2D eigenvalue weighted by atomic mass is 10.2. The molecule has 0 aliphatic carbocycles. The summed E-state index contributed by atoms with van der Waals surface area (Å²) in [6, 6.07) is 9.90. The first kappa shape index (κ1) is 18.6. The van der Waals surface area contributed by atoms with Crippen molar-refractivity contribution in [1.82, 2.24) is 0 Å². The maximum atomic E-state index is 10.7. The zero-order chi connectivity index (χ0) is 17.7. The molecule has 5 nitrogen and oxygen atoms in total. The first-order valence-corrected chi connectivity index (χ1v) is 8.86. The van der Waals surface area contributed by atoms with Gasteiger partial charge in [0.25, 0.3) is 5.69 Å². The summed E-state index contributed by atoms with van der Waals surface area (Å²) in [4.78, 5) is 14.6. The minimum Gasteiger partial charge on any atom is -0.491 e. The quantitative estimate of drug-likeness (QED) is 0.309. The Morgan fingerprint density at radius 1 is 1.25 bits per heavy atom. The van der Waals surface area contributed by atoms with E-state index in [-0.39, 0.29) is 5.69 Å². The van der Waals surface area contributed by atoms with E-state index < -0.39 is 4.92 Å². The number of ether oxygens (including phenoxy) is 1. The Kier molecular flexibility index (Phi) is 6.51. The molecule has 2 aromatic carbocycles. The molecule has 126 valence electrons. The minimum absolute atomic E-state index is 0.0418. The summed E-state index contributed by atoms with van der Waals surface area (Å²) in [5, 5.41) is 10.7. The van der Waals surface area contributed by atoms with Crippen molar-refractivity contribution in [3.8, 4) is 5.75 Å².